The van der Waals surface area contributed by atoms with Gasteiger partial charge in [-0.3, -0.25) is 0 Å². The maximum Gasteiger partial charge on any atom is 0.155 e. The van der Waals surface area contributed by atoms with E-state index in [0.29, 0.717) is 12.2 Å². The van der Waals surface area contributed by atoms with Gasteiger partial charge in [0.05, 0.1) is 11.0 Å². The molecule has 2 rings (SSSR count). The lowest BCUT2D eigenvalue weighted by Gasteiger charge is -2.28. The Hall–Kier alpha value is -0.870. The summed E-state index contributed by atoms with van der Waals surface area (Å²) >= 11 is 0. The summed E-state index contributed by atoms with van der Waals surface area (Å²) in [6.45, 7) is 4.26. The fraction of sp³-hybridized carbons (Fsp3) is 0.625. The molecule has 2 unspecified atom stereocenters. The molecule has 1 fully saturated rings. The third-order valence-corrected chi connectivity index (χ3v) is 6.72. The minimum absolute atomic E-state index is 0.291. The zero-order valence-corrected chi connectivity index (χ0v) is 13.2. The van der Waals surface area contributed by atoms with Crippen molar-refractivity contribution >= 4 is 9.84 Å². The van der Waals surface area contributed by atoms with Crippen LogP contribution in [-0.2, 0) is 22.7 Å². The fourth-order valence-corrected chi connectivity index (χ4v) is 5.16. The zero-order chi connectivity index (χ0) is 14.8. The van der Waals surface area contributed by atoms with Crippen LogP contribution in [0.5, 0.6) is 0 Å². The second-order valence-corrected chi connectivity index (χ2v) is 8.00. The standard InChI is InChI=1S/C16H25NO2S/c1-3-12-8-9-14(11-13(12)4-2)16(17)15-7-5-6-10-20(15,18)19/h8-9,11,15-16H,3-7,10,17H2,1-2H3. The van der Waals surface area contributed by atoms with Gasteiger partial charge >= 0.3 is 0 Å². The second kappa shape index (κ2) is 6.27. The maximum absolute atomic E-state index is 12.2. The molecule has 0 amide bonds. The number of rotatable bonds is 4. The summed E-state index contributed by atoms with van der Waals surface area (Å²) in [6, 6.07) is 5.82. The van der Waals surface area contributed by atoms with E-state index in [9.17, 15) is 8.42 Å². The molecule has 1 aromatic carbocycles. The Balaban J connectivity index is 2.31. The van der Waals surface area contributed by atoms with Gasteiger partial charge in [-0.1, -0.05) is 38.5 Å². The highest BCUT2D eigenvalue weighted by molar-refractivity contribution is 7.92. The van der Waals surface area contributed by atoms with Crippen LogP contribution < -0.4 is 5.73 Å². The van der Waals surface area contributed by atoms with E-state index in [1.54, 1.807) is 0 Å². The lowest BCUT2D eigenvalue weighted by Crippen LogP contribution is -2.37. The van der Waals surface area contributed by atoms with Crippen LogP contribution in [0.15, 0.2) is 18.2 Å². The largest absolute Gasteiger partial charge is 0.323 e. The number of hydrogen-bond donors (Lipinski definition) is 1. The Morgan fingerprint density at radius 3 is 2.50 bits per heavy atom. The van der Waals surface area contributed by atoms with Crippen LogP contribution in [0.2, 0.25) is 0 Å². The Morgan fingerprint density at radius 1 is 1.20 bits per heavy atom. The third-order valence-electron chi connectivity index (χ3n) is 4.41. The molecular weight excluding hydrogens is 270 g/mol. The molecule has 1 saturated heterocycles. The second-order valence-electron chi connectivity index (χ2n) is 5.66. The van der Waals surface area contributed by atoms with Crippen LogP contribution in [0.25, 0.3) is 0 Å². The molecule has 0 aliphatic carbocycles. The predicted octanol–water partition coefficient (Wildman–Crippen LogP) is 2.78. The molecule has 0 radical (unpaired) electrons. The number of sulfone groups is 1. The van der Waals surface area contributed by atoms with Crippen LogP contribution in [0.1, 0.15) is 55.8 Å². The van der Waals surface area contributed by atoms with Crippen molar-refractivity contribution < 1.29 is 8.42 Å². The van der Waals surface area contributed by atoms with Crippen LogP contribution in [0, 0.1) is 0 Å². The van der Waals surface area contributed by atoms with Gasteiger partial charge < -0.3 is 5.73 Å². The first kappa shape index (κ1) is 15.5. The summed E-state index contributed by atoms with van der Waals surface area (Å²) in [6.07, 6.45) is 4.40. The van der Waals surface area contributed by atoms with Crippen LogP contribution >= 0.6 is 0 Å². The molecule has 2 N–H and O–H groups in total. The quantitative estimate of drug-likeness (QED) is 0.929. The molecule has 1 aliphatic heterocycles. The molecule has 112 valence electrons. The SMILES string of the molecule is CCc1ccc(C(N)C2CCCCS2(=O)=O)cc1CC. The van der Waals surface area contributed by atoms with Gasteiger partial charge in [-0.2, -0.15) is 0 Å². The first-order valence-corrected chi connectivity index (χ1v) is 9.30. The van der Waals surface area contributed by atoms with Crippen molar-refractivity contribution in [1.82, 2.24) is 0 Å². The first-order valence-electron chi connectivity index (χ1n) is 7.58. The molecule has 1 aromatic rings. The predicted molar refractivity (Wildman–Crippen MR) is 83.6 cm³/mol. The Labute approximate surface area is 122 Å². The van der Waals surface area contributed by atoms with Crippen molar-refractivity contribution in [1.29, 1.82) is 0 Å². The van der Waals surface area contributed by atoms with E-state index in [2.05, 4.69) is 26.0 Å². The van der Waals surface area contributed by atoms with E-state index < -0.39 is 21.1 Å². The summed E-state index contributed by atoms with van der Waals surface area (Å²) in [5.41, 5.74) is 9.86. The van der Waals surface area contributed by atoms with Gasteiger partial charge in [-0.05, 0) is 42.4 Å². The minimum Gasteiger partial charge on any atom is -0.323 e. The van der Waals surface area contributed by atoms with Crippen molar-refractivity contribution in [2.45, 2.75) is 57.2 Å². The molecule has 20 heavy (non-hydrogen) atoms. The van der Waals surface area contributed by atoms with Gasteiger partial charge in [0.1, 0.15) is 0 Å². The maximum atomic E-state index is 12.2. The molecule has 0 spiro atoms. The highest BCUT2D eigenvalue weighted by atomic mass is 32.2. The van der Waals surface area contributed by atoms with Crippen molar-refractivity contribution in [2.24, 2.45) is 5.73 Å². The Morgan fingerprint density at radius 2 is 1.90 bits per heavy atom. The summed E-state index contributed by atoms with van der Waals surface area (Å²) in [5.74, 6) is 0.291. The van der Waals surface area contributed by atoms with Crippen molar-refractivity contribution in [3.8, 4) is 0 Å². The van der Waals surface area contributed by atoms with Crippen molar-refractivity contribution in [2.75, 3.05) is 5.75 Å². The zero-order valence-electron chi connectivity index (χ0n) is 12.4. The molecule has 3 nitrogen and oxygen atoms in total. The molecule has 0 bridgehead atoms. The van der Waals surface area contributed by atoms with Gasteiger partial charge in [0.25, 0.3) is 0 Å². The number of benzene rings is 1. The molecule has 4 heteroatoms. The summed E-state index contributed by atoms with van der Waals surface area (Å²) < 4.78 is 24.4. The van der Waals surface area contributed by atoms with Crippen molar-refractivity contribution in [3.05, 3.63) is 34.9 Å². The normalized spacial score (nSPS) is 23.4. The summed E-state index contributed by atoms with van der Waals surface area (Å²) in [7, 11) is -3.03. The Kier molecular flexibility index (Phi) is 4.86. The van der Waals surface area contributed by atoms with Gasteiger partial charge in [0.2, 0.25) is 0 Å². The highest BCUT2D eigenvalue weighted by Gasteiger charge is 2.34. The van der Waals surface area contributed by atoms with E-state index in [-0.39, 0.29) is 0 Å². The third kappa shape index (κ3) is 3.07. The van der Waals surface area contributed by atoms with Crippen LogP contribution in [0.3, 0.4) is 0 Å². The van der Waals surface area contributed by atoms with E-state index in [1.807, 2.05) is 6.07 Å². The number of hydrogen-bond acceptors (Lipinski definition) is 3. The smallest absolute Gasteiger partial charge is 0.155 e. The van der Waals surface area contributed by atoms with E-state index >= 15 is 0 Å². The molecule has 1 heterocycles. The highest BCUT2D eigenvalue weighted by Crippen LogP contribution is 2.30. The number of nitrogens with two attached hydrogens (primary N) is 1. The molecule has 0 saturated carbocycles. The lowest BCUT2D eigenvalue weighted by atomic mass is 9.94. The fourth-order valence-electron chi connectivity index (χ4n) is 3.12. The van der Waals surface area contributed by atoms with E-state index in [1.165, 1.54) is 11.1 Å². The topological polar surface area (TPSA) is 60.2 Å². The molecule has 2 atom stereocenters. The monoisotopic (exact) mass is 295 g/mol. The van der Waals surface area contributed by atoms with Gasteiger partial charge in [0.15, 0.2) is 9.84 Å². The minimum atomic E-state index is -3.03. The Bertz CT molecular complexity index is 566. The van der Waals surface area contributed by atoms with Gasteiger partial charge in [-0.25, -0.2) is 8.42 Å². The summed E-state index contributed by atoms with van der Waals surface area (Å²) in [5, 5.41) is -0.409. The molecule has 1 aliphatic rings. The van der Waals surface area contributed by atoms with Crippen molar-refractivity contribution in [3.63, 3.8) is 0 Å². The summed E-state index contributed by atoms with van der Waals surface area (Å²) in [4.78, 5) is 0. The first-order chi connectivity index (χ1) is 9.49. The average molecular weight is 295 g/mol. The van der Waals surface area contributed by atoms with Crippen LogP contribution in [0.4, 0.5) is 0 Å². The van der Waals surface area contributed by atoms with Gasteiger partial charge in [-0.15, -0.1) is 0 Å². The number of aryl methyl sites for hydroxylation is 2. The lowest BCUT2D eigenvalue weighted by molar-refractivity contribution is 0.504. The van der Waals surface area contributed by atoms with Gasteiger partial charge in [0, 0.05) is 6.04 Å². The molecule has 0 aromatic heterocycles. The molecular formula is C16H25NO2S. The van der Waals surface area contributed by atoms with E-state index in [0.717, 1.165) is 31.2 Å². The van der Waals surface area contributed by atoms with E-state index in [4.69, 9.17) is 5.73 Å². The average Bonchev–Trinajstić information content (AvgIpc) is 2.45. The van der Waals surface area contributed by atoms with Crippen LogP contribution in [-0.4, -0.2) is 19.4 Å².